The van der Waals surface area contributed by atoms with Crippen molar-refractivity contribution in [1.82, 2.24) is 26.6 Å². The first-order valence-electron chi connectivity index (χ1n) is 13.7. The van der Waals surface area contributed by atoms with E-state index in [1.54, 1.807) is 0 Å². The van der Waals surface area contributed by atoms with Gasteiger partial charge in [-0.2, -0.15) is 5.53 Å². The molecule has 2 rings (SSSR count). The van der Waals surface area contributed by atoms with Crippen LogP contribution < -0.4 is 21.6 Å². The van der Waals surface area contributed by atoms with Gasteiger partial charge >= 0.3 is 0 Å². The summed E-state index contributed by atoms with van der Waals surface area (Å²) in [4.78, 5) is 0. The first-order valence-corrected chi connectivity index (χ1v) is 13.7. The fourth-order valence-electron chi connectivity index (χ4n) is 4.95. The summed E-state index contributed by atoms with van der Waals surface area (Å²) in [5.41, 5.74) is 10.3. The molecule has 0 bridgehead atoms. The zero-order valence-electron chi connectivity index (χ0n) is 22.0. The minimum absolute atomic E-state index is 0.346. The lowest BCUT2D eigenvalue weighted by atomic mass is 9.92. The fraction of sp³-hybridized carbons (Fsp3) is 0.786. The third kappa shape index (κ3) is 11.1. The van der Waals surface area contributed by atoms with E-state index >= 15 is 0 Å². The number of allylic oxidation sites excluding steroid dienone is 2. The summed E-state index contributed by atoms with van der Waals surface area (Å²) >= 11 is 0. The highest BCUT2D eigenvalue weighted by molar-refractivity contribution is 5.09. The van der Waals surface area contributed by atoms with E-state index in [0.29, 0.717) is 24.0 Å². The average molecular weight is 460 g/mol. The van der Waals surface area contributed by atoms with Gasteiger partial charge in [0.05, 0.1) is 0 Å². The highest BCUT2D eigenvalue weighted by Crippen LogP contribution is 2.26. The van der Waals surface area contributed by atoms with Crippen molar-refractivity contribution >= 4 is 0 Å². The molecule has 0 radical (unpaired) electrons. The normalized spacial score (nSPS) is 21.8. The van der Waals surface area contributed by atoms with Crippen LogP contribution in [-0.2, 0) is 0 Å². The Morgan fingerprint density at radius 3 is 2.27 bits per heavy atom. The van der Waals surface area contributed by atoms with E-state index in [9.17, 15) is 0 Å². The first-order chi connectivity index (χ1) is 15.9. The zero-order chi connectivity index (χ0) is 24.1. The highest BCUT2D eigenvalue weighted by Gasteiger charge is 2.23. The van der Waals surface area contributed by atoms with Gasteiger partial charge in [-0.3, -0.25) is 0 Å². The Morgan fingerprint density at radius 1 is 1.00 bits per heavy atom. The van der Waals surface area contributed by atoms with Gasteiger partial charge in [-0.15, -0.1) is 0 Å². The van der Waals surface area contributed by atoms with Gasteiger partial charge in [0.15, 0.2) is 0 Å². The molecule has 5 nitrogen and oxygen atoms in total. The van der Waals surface area contributed by atoms with Gasteiger partial charge in [0.25, 0.3) is 0 Å². The molecule has 0 aromatic carbocycles. The van der Waals surface area contributed by atoms with Crippen molar-refractivity contribution in [3.63, 3.8) is 0 Å². The van der Waals surface area contributed by atoms with Crippen LogP contribution in [0.1, 0.15) is 104 Å². The van der Waals surface area contributed by atoms with Gasteiger partial charge in [-0.25, -0.2) is 10.4 Å². The van der Waals surface area contributed by atoms with Crippen molar-refractivity contribution in [3.05, 3.63) is 36.7 Å². The second-order valence-electron chi connectivity index (χ2n) is 10.7. The standard InChI is InChI=1S/C28H53N5/c1-22(2)28(30-25(6)26-15-11-9-7-8-10-12-16-26)17-13-14-20-29-24(5)18-19-27-21-33(23(3)4)32-31-27/h23,26-32H,1,5-21H2,2-4H3/t27?,28-/m0/s1. The quantitative estimate of drug-likeness (QED) is 0.191. The van der Waals surface area contributed by atoms with Gasteiger partial charge in [0, 0.05) is 42.6 Å². The summed E-state index contributed by atoms with van der Waals surface area (Å²) in [5.74, 6) is 0.632. The molecule has 2 fully saturated rings. The summed E-state index contributed by atoms with van der Waals surface area (Å²) in [6.07, 6.45) is 16.5. The van der Waals surface area contributed by atoms with Crippen LogP contribution in [0.25, 0.3) is 0 Å². The summed E-state index contributed by atoms with van der Waals surface area (Å²) in [6.45, 7) is 21.6. The van der Waals surface area contributed by atoms with E-state index in [1.807, 2.05) is 0 Å². The van der Waals surface area contributed by atoms with E-state index in [0.717, 1.165) is 44.5 Å². The molecule has 1 heterocycles. The molecule has 2 aliphatic rings. The molecular formula is C28H53N5. The number of hydrogen-bond donors (Lipinski definition) is 4. The first kappa shape index (κ1) is 27.9. The average Bonchev–Trinajstić information content (AvgIpc) is 3.30. The molecule has 1 saturated carbocycles. The maximum absolute atomic E-state index is 4.45. The molecule has 0 aromatic heterocycles. The van der Waals surface area contributed by atoms with Crippen molar-refractivity contribution in [2.24, 2.45) is 5.92 Å². The SMILES string of the molecule is C=C(CCC1CN(C(C)C)NN1)NCCCC[C@H](NC(=C)C1CCCCCCCC1)C(=C)C. The van der Waals surface area contributed by atoms with Gasteiger partial charge in [0.2, 0.25) is 0 Å². The van der Waals surface area contributed by atoms with Gasteiger partial charge in [-0.05, 0) is 71.6 Å². The Morgan fingerprint density at radius 2 is 1.67 bits per heavy atom. The van der Waals surface area contributed by atoms with Crippen LogP contribution in [0.5, 0.6) is 0 Å². The van der Waals surface area contributed by atoms with Gasteiger partial charge in [0.1, 0.15) is 0 Å². The van der Waals surface area contributed by atoms with Crippen LogP contribution in [0.15, 0.2) is 36.7 Å². The number of unbranched alkanes of at least 4 members (excludes halogenated alkanes) is 1. The van der Waals surface area contributed by atoms with Crippen molar-refractivity contribution in [2.75, 3.05) is 13.1 Å². The summed E-state index contributed by atoms with van der Waals surface area (Å²) in [6, 6.07) is 1.35. The Kier molecular flexibility index (Phi) is 13.2. The van der Waals surface area contributed by atoms with Gasteiger partial charge in [-0.1, -0.05) is 63.8 Å². The summed E-state index contributed by atoms with van der Waals surface area (Å²) in [7, 11) is 0. The van der Waals surface area contributed by atoms with Crippen LogP contribution in [0.2, 0.25) is 0 Å². The van der Waals surface area contributed by atoms with Crippen LogP contribution in [-0.4, -0.2) is 36.2 Å². The summed E-state index contributed by atoms with van der Waals surface area (Å²) < 4.78 is 0. The smallest absolute Gasteiger partial charge is 0.0465 e. The molecule has 0 aromatic rings. The van der Waals surface area contributed by atoms with E-state index < -0.39 is 0 Å². The highest BCUT2D eigenvalue weighted by atomic mass is 15.7. The van der Waals surface area contributed by atoms with Crippen LogP contribution in [0, 0.1) is 5.92 Å². The monoisotopic (exact) mass is 459 g/mol. The third-order valence-corrected chi connectivity index (χ3v) is 7.34. The molecule has 1 saturated heterocycles. The predicted molar refractivity (Wildman–Crippen MR) is 143 cm³/mol. The lowest BCUT2D eigenvalue weighted by Crippen LogP contribution is -2.40. The summed E-state index contributed by atoms with van der Waals surface area (Å²) in [5, 5.41) is 9.56. The zero-order valence-corrected chi connectivity index (χ0v) is 22.0. The van der Waals surface area contributed by atoms with Crippen molar-refractivity contribution in [2.45, 2.75) is 122 Å². The molecule has 0 spiro atoms. The Hall–Kier alpha value is -1.30. The molecule has 5 heteroatoms. The second-order valence-corrected chi connectivity index (χ2v) is 10.7. The number of rotatable bonds is 14. The lowest BCUT2D eigenvalue weighted by Gasteiger charge is -2.27. The Bertz CT molecular complexity index is 589. The maximum atomic E-state index is 4.45. The molecule has 190 valence electrons. The molecule has 1 aliphatic heterocycles. The molecule has 0 amide bonds. The number of nitrogens with zero attached hydrogens (tertiary/aromatic N) is 1. The Labute approximate surface area is 204 Å². The van der Waals surface area contributed by atoms with Crippen molar-refractivity contribution in [3.8, 4) is 0 Å². The van der Waals surface area contributed by atoms with Crippen molar-refractivity contribution < 1.29 is 0 Å². The van der Waals surface area contributed by atoms with Crippen LogP contribution in [0.4, 0.5) is 0 Å². The van der Waals surface area contributed by atoms with Crippen LogP contribution >= 0.6 is 0 Å². The number of hydrogen-bond acceptors (Lipinski definition) is 5. The number of hydrazine groups is 2. The third-order valence-electron chi connectivity index (χ3n) is 7.34. The van der Waals surface area contributed by atoms with Gasteiger partial charge < -0.3 is 10.6 Å². The lowest BCUT2D eigenvalue weighted by molar-refractivity contribution is 0.183. The van der Waals surface area contributed by atoms with Crippen molar-refractivity contribution in [1.29, 1.82) is 0 Å². The van der Waals surface area contributed by atoms with E-state index in [2.05, 4.69) is 67.1 Å². The maximum Gasteiger partial charge on any atom is 0.0465 e. The van der Waals surface area contributed by atoms with E-state index in [4.69, 9.17) is 0 Å². The van der Waals surface area contributed by atoms with E-state index in [1.165, 1.54) is 69.1 Å². The molecule has 33 heavy (non-hydrogen) atoms. The minimum atomic E-state index is 0.346. The minimum Gasteiger partial charge on any atom is -0.389 e. The Balaban J connectivity index is 1.60. The molecule has 4 N–H and O–H groups in total. The topological polar surface area (TPSA) is 51.4 Å². The fourth-order valence-corrected chi connectivity index (χ4v) is 4.95. The van der Waals surface area contributed by atoms with E-state index in [-0.39, 0.29) is 0 Å². The predicted octanol–water partition coefficient (Wildman–Crippen LogP) is 5.94. The molecule has 1 unspecified atom stereocenters. The van der Waals surface area contributed by atoms with Crippen LogP contribution in [0.3, 0.4) is 0 Å². The molecule has 2 atom stereocenters. The molecule has 1 aliphatic carbocycles. The number of nitrogens with one attached hydrogen (secondary N) is 4. The second kappa shape index (κ2) is 15.6. The molecular weight excluding hydrogens is 406 g/mol. The largest absolute Gasteiger partial charge is 0.389 e.